The molecular weight excluding hydrogens is 396 g/mol. The molecule has 1 heterocycles. The van der Waals surface area contributed by atoms with Crippen LogP contribution in [0.2, 0.25) is 0 Å². The second kappa shape index (κ2) is 8.67. The summed E-state index contributed by atoms with van der Waals surface area (Å²) >= 11 is 0. The Morgan fingerprint density at radius 3 is 2.45 bits per heavy atom. The van der Waals surface area contributed by atoms with Crippen LogP contribution in [0.15, 0.2) is 72.8 Å². The summed E-state index contributed by atoms with van der Waals surface area (Å²) in [7, 11) is 1.46. The molecule has 0 aliphatic carbocycles. The number of benzene rings is 3. The Hall–Kier alpha value is -2.93. The molecule has 0 radical (unpaired) electrons. The van der Waals surface area contributed by atoms with Crippen LogP contribution < -0.4 is 4.74 Å². The van der Waals surface area contributed by atoms with Crippen molar-refractivity contribution in [2.75, 3.05) is 7.11 Å². The number of carbonyl (C=O) groups excluding carboxylic acids is 1. The van der Waals surface area contributed by atoms with E-state index in [0.717, 1.165) is 10.8 Å². The molecule has 6 nitrogen and oxygen atoms in total. The van der Waals surface area contributed by atoms with E-state index in [1.165, 1.54) is 7.11 Å². The summed E-state index contributed by atoms with van der Waals surface area (Å²) < 4.78 is 23.3. The maximum absolute atomic E-state index is 12.6. The summed E-state index contributed by atoms with van der Waals surface area (Å²) in [5.41, 5.74) is -1.03. The van der Waals surface area contributed by atoms with Crippen LogP contribution in [-0.2, 0) is 14.2 Å². The zero-order valence-electron chi connectivity index (χ0n) is 17.7. The van der Waals surface area contributed by atoms with Crippen LogP contribution in [0, 0.1) is 0 Å². The summed E-state index contributed by atoms with van der Waals surface area (Å²) in [4.78, 5) is 12.6. The van der Waals surface area contributed by atoms with Gasteiger partial charge in [0.15, 0.2) is 18.0 Å². The minimum atomic E-state index is -1.47. The van der Waals surface area contributed by atoms with Crippen molar-refractivity contribution in [1.29, 1.82) is 0 Å². The van der Waals surface area contributed by atoms with E-state index >= 15 is 0 Å². The molecule has 0 aromatic heterocycles. The van der Waals surface area contributed by atoms with Crippen LogP contribution in [0.5, 0.6) is 5.75 Å². The summed E-state index contributed by atoms with van der Waals surface area (Å²) in [6.07, 6.45) is -3.21. The van der Waals surface area contributed by atoms with Crippen LogP contribution in [0.3, 0.4) is 0 Å². The maximum atomic E-state index is 12.6. The standard InChI is InChI=1S/C25H26O6/c1-16(29-23(26)18-11-5-4-6-12-18)21-22(25(2,27)24(28-3)31-21)30-20-15-9-13-17-10-7-8-14-19(17)20/h4-16,21-22,24,27H,1-3H3/t16?,21-,22-,24?,25-/m1/s1. The second-order valence-electron chi connectivity index (χ2n) is 7.89. The third-order valence-electron chi connectivity index (χ3n) is 5.62. The maximum Gasteiger partial charge on any atom is 0.338 e. The summed E-state index contributed by atoms with van der Waals surface area (Å²) in [5, 5.41) is 13.1. The van der Waals surface area contributed by atoms with Gasteiger partial charge in [-0.1, -0.05) is 54.6 Å². The van der Waals surface area contributed by atoms with Crippen molar-refractivity contribution in [2.24, 2.45) is 0 Å². The Morgan fingerprint density at radius 1 is 1.03 bits per heavy atom. The molecule has 1 N–H and O–H groups in total. The van der Waals surface area contributed by atoms with E-state index in [-0.39, 0.29) is 0 Å². The molecule has 2 unspecified atom stereocenters. The molecule has 1 fully saturated rings. The molecule has 6 heteroatoms. The topological polar surface area (TPSA) is 74.2 Å². The number of esters is 1. The number of aliphatic hydroxyl groups is 1. The number of hydrogen-bond donors (Lipinski definition) is 1. The Bertz CT molecular complexity index is 1040. The van der Waals surface area contributed by atoms with Crippen molar-refractivity contribution in [3.8, 4) is 5.75 Å². The van der Waals surface area contributed by atoms with Crippen molar-refractivity contribution < 1.29 is 28.8 Å². The first-order valence-electron chi connectivity index (χ1n) is 10.2. The Labute approximate surface area is 181 Å². The van der Waals surface area contributed by atoms with Crippen molar-refractivity contribution in [2.45, 2.75) is 44.1 Å². The first kappa shape index (κ1) is 21.3. The summed E-state index contributed by atoms with van der Waals surface area (Å²) in [6, 6.07) is 22.3. The molecule has 1 saturated heterocycles. The highest BCUT2D eigenvalue weighted by Gasteiger charge is 2.57. The quantitative estimate of drug-likeness (QED) is 0.607. The fourth-order valence-corrected chi connectivity index (χ4v) is 3.97. The average Bonchev–Trinajstić information content (AvgIpc) is 3.04. The minimum absolute atomic E-state index is 0.439. The monoisotopic (exact) mass is 422 g/mol. The number of hydrogen-bond acceptors (Lipinski definition) is 6. The zero-order valence-corrected chi connectivity index (χ0v) is 17.7. The molecule has 0 spiro atoms. The van der Waals surface area contributed by atoms with Gasteiger partial charge in [-0.05, 0) is 37.4 Å². The van der Waals surface area contributed by atoms with E-state index in [1.807, 2.05) is 48.5 Å². The minimum Gasteiger partial charge on any atom is -0.484 e. The predicted octanol–water partition coefficient (Wildman–Crippen LogP) is 3.96. The lowest BCUT2D eigenvalue weighted by atomic mass is 9.94. The fraction of sp³-hybridized carbons (Fsp3) is 0.320. The molecule has 1 aliphatic rings. The summed E-state index contributed by atoms with van der Waals surface area (Å²) in [5.74, 6) is 0.136. The van der Waals surface area contributed by atoms with E-state index < -0.39 is 36.2 Å². The molecule has 0 amide bonds. The number of methoxy groups -OCH3 is 1. The second-order valence-corrected chi connectivity index (χ2v) is 7.89. The highest BCUT2D eigenvalue weighted by atomic mass is 16.7. The molecule has 3 aromatic rings. The molecule has 31 heavy (non-hydrogen) atoms. The van der Waals surface area contributed by atoms with Gasteiger partial charge < -0.3 is 24.1 Å². The lowest BCUT2D eigenvalue weighted by Crippen LogP contribution is -2.51. The van der Waals surface area contributed by atoms with E-state index in [1.54, 1.807) is 38.1 Å². The smallest absolute Gasteiger partial charge is 0.338 e. The first-order chi connectivity index (χ1) is 14.9. The van der Waals surface area contributed by atoms with E-state index in [4.69, 9.17) is 18.9 Å². The number of fused-ring (bicyclic) bond motifs is 1. The number of ether oxygens (including phenoxy) is 4. The van der Waals surface area contributed by atoms with Crippen LogP contribution in [0.4, 0.5) is 0 Å². The molecule has 1 aliphatic heterocycles. The van der Waals surface area contributed by atoms with Crippen molar-refractivity contribution in [1.82, 2.24) is 0 Å². The first-order valence-corrected chi connectivity index (χ1v) is 10.2. The highest BCUT2D eigenvalue weighted by Crippen LogP contribution is 2.38. The van der Waals surface area contributed by atoms with Crippen LogP contribution >= 0.6 is 0 Å². The molecule has 162 valence electrons. The van der Waals surface area contributed by atoms with Crippen LogP contribution in [0.1, 0.15) is 24.2 Å². The van der Waals surface area contributed by atoms with E-state index in [9.17, 15) is 9.90 Å². The number of rotatable bonds is 6. The normalized spacial score (nSPS) is 26.5. The van der Waals surface area contributed by atoms with E-state index in [2.05, 4.69) is 0 Å². The van der Waals surface area contributed by atoms with Gasteiger partial charge >= 0.3 is 5.97 Å². The third-order valence-corrected chi connectivity index (χ3v) is 5.62. The fourth-order valence-electron chi connectivity index (χ4n) is 3.97. The van der Waals surface area contributed by atoms with Gasteiger partial charge in [0, 0.05) is 12.5 Å². The Kier molecular flexibility index (Phi) is 5.96. The molecule has 0 bridgehead atoms. The Morgan fingerprint density at radius 2 is 1.71 bits per heavy atom. The van der Waals surface area contributed by atoms with Crippen molar-refractivity contribution in [3.63, 3.8) is 0 Å². The number of carbonyl (C=O) groups is 1. The average molecular weight is 422 g/mol. The predicted molar refractivity (Wildman–Crippen MR) is 116 cm³/mol. The molecule has 4 rings (SSSR count). The van der Waals surface area contributed by atoms with Crippen molar-refractivity contribution >= 4 is 16.7 Å². The van der Waals surface area contributed by atoms with Gasteiger partial charge in [-0.25, -0.2) is 4.79 Å². The largest absolute Gasteiger partial charge is 0.484 e. The SMILES string of the molecule is COC1O[C@H](C(C)OC(=O)c2ccccc2)[C@@H](Oc2cccc3ccccc23)[C@@]1(C)O. The summed E-state index contributed by atoms with van der Waals surface area (Å²) in [6.45, 7) is 3.32. The third kappa shape index (κ3) is 4.14. The van der Waals surface area contributed by atoms with Gasteiger partial charge in [0.25, 0.3) is 0 Å². The van der Waals surface area contributed by atoms with Gasteiger partial charge in [-0.2, -0.15) is 0 Å². The van der Waals surface area contributed by atoms with Gasteiger partial charge in [-0.3, -0.25) is 0 Å². The molecule has 5 atom stereocenters. The lowest BCUT2D eigenvalue weighted by Gasteiger charge is -2.31. The van der Waals surface area contributed by atoms with Gasteiger partial charge in [0.05, 0.1) is 5.56 Å². The molecule has 0 saturated carbocycles. The van der Waals surface area contributed by atoms with Gasteiger partial charge in [-0.15, -0.1) is 0 Å². The zero-order chi connectivity index (χ0) is 22.0. The van der Waals surface area contributed by atoms with Crippen LogP contribution in [-0.4, -0.2) is 48.4 Å². The molecular formula is C25H26O6. The van der Waals surface area contributed by atoms with Crippen molar-refractivity contribution in [3.05, 3.63) is 78.4 Å². The lowest BCUT2D eigenvalue weighted by molar-refractivity contribution is -0.190. The van der Waals surface area contributed by atoms with Gasteiger partial charge in [0.2, 0.25) is 0 Å². The van der Waals surface area contributed by atoms with Gasteiger partial charge in [0.1, 0.15) is 18.0 Å². The van der Waals surface area contributed by atoms with E-state index in [0.29, 0.717) is 11.3 Å². The van der Waals surface area contributed by atoms with Crippen LogP contribution in [0.25, 0.3) is 10.8 Å². The Balaban J connectivity index is 1.61. The molecule has 3 aromatic carbocycles. The highest BCUT2D eigenvalue weighted by molar-refractivity contribution is 5.89.